The number of aromatic nitrogens is 2. The van der Waals surface area contributed by atoms with Crippen LogP contribution in [0.4, 0.5) is 19.0 Å². The molecule has 0 unspecified atom stereocenters. The molecule has 0 bridgehead atoms. The number of hydrogen-bond donors (Lipinski definition) is 0. The van der Waals surface area contributed by atoms with E-state index in [0.717, 1.165) is 24.5 Å². The molecule has 176 valence electrons. The molecule has 2 aromatic carbocycles. The molecule has 0 spiro atoms. The SMILES string of the molecule is CC(C)N1CCn2c1cc(OCc1ccc(Oc3cccc(C(F)(F)F)c3)c(C#N)c1)nc2=O. The van der Waals surface area contributed by atoms with E-state index < -0.39 is 17.4 Å². The van der Waals surface area contributed by atoms with Gasteiger partial charge in [0.1, 0.15) is 30.0 Å². The van der Waals surface area contributed by atoms with Crippen molar-refractivity contribution in [2.24, 2.45) is 0 Å². The van der Waals surface area contributed by atoms with Gasteiger partial charge in [0, 0.05) is 25.2 Å². The van der Waals surface area contributed by atoms with Crippen LogP contribution in [0.2, 0.25) is 0 Å². The molecule has 0 radical (unpaired) electrons. The zero-order valence-corrected chi connectivity index (χ0v) is 18.5. The molecule has 0 saturated carbocycles. The van der Waals surface area contributed by atoms with Gasteiger partial charge in [0.05, 0.1) is 11.1 Å². The van der Waals surface area contributed by atoms with E-state index in [2.05, 4.69) is 9.88 Å². The minimum Gasteiger partial charge on any atom is -0.473 e. The Kier molecular flexibility index (Phi) is 6.20. The van der Waals surface area contributed by atoms with Crippen LogP contribution in [0.25, 0.3) is 0 Å². The minimum absolute atomic E-state index is 0.0344. The van der Waals surface area contributed by atoms with Crippen molar-refractivity contribution < 1.29 is 22.6 Å². The molecule has 0 saturated heterocycles. The first-order valence-corrected chi connectivity index (χ1v) is 10.5. The Morgan fingerprint density at radius 2 is 1.94 bits per heavy atom. The number of fused-ring (bicyclic) bond motifs is 1. The van der Waals surface area contributed by atoms with E-state index in [1.165, 1.54) is 24.3 Å². The number of anilines is 1. The van der Waals surface area contributed by atoms with Crippen LogP contribution < -0.4 is 20.1 Å². The summed E-state index contributed by atoms with van der Waals surface area (Å²) in [5.41, 5.74) is -0.497. The molecule has 34 heavy (non-hydrogen) atoms. The summed E-state index contributed by atoms with van der Waals surface area (Å²) in [4.78, 5) is 18.4. The predicted octanol–water partition coefficient (Wildman–Crippen LogP) is 4.73. The summed E-state index contributed by atoms with van der Waals surface area (Å²) in [6, 6.07) is 13.0. The molecular formula is C24H21F3N4O3. The van der Waals surface area contributed by atoms with Crippen LogP contribution in [0.3, 0.4) is 0 Å². The van der Waals surface area contributed by atoms with Crippen LogP contribution in [0.5, 0.6) is 17.4 Å². The van der Waals surface area contributed by atoms with Gasteiger partial charge in [-0.05, 0) is 49.7 Å². The third-order valence-electron chi connectivity index (χ3n) is 5.39. The molecular weight excluding hydrogens is 449 g/mol. The normalized spacial score (nSPS) is 13.0. The summed E-state index contributed by atoms with van der Waals surface area (Å²) in [6.45, 7) is 5.40. The minimum atomic E-state index is -4.50. The summed E-state index contributed by atoms with van der Waals surface area (Å²) in [7, 11) is 0. The number of benzene rings is 2. The van der Waals surface area contributed by atoms with Gasteiger partial charge in [-0.3, -0.25) is 4.57 Å². The Labute approximate surface area is 193 Å². The van der Waals surface area contributed by atoms with Crippen LogP contribution >= 0.6 is 0 Å². The van der Waals surface area contributed by atoms with Crippen molar-refractivity contribution in [2.75, 3.05) is 11.4 Å². The number of ether oxygens (including phenoxy) is 2. The summed E-state index contributed by atoms with van der Waals surface area (Å²) in [5.74, 6) is 0.999. The molecule has 7 nitrogen and oxygen atoms in total. The molecule has 3 aromatic rings. The number of alkyl halides is 3. The molecule has 1 aromatic heterocycles. The summed E-state index contributed by atoms with van der Waals surface area (Å²) >= 11 is 0. The number of halogens is 3. The first kappa shape index (κ1) is 23.2. The van der Waals surface area contributed by atoms with E-state index in [1.807, 2.05) is 19.9 Å². The molecule has 1 aliphatic heterocycles. The number of nitriles is 1. The van der Waals surface area contributed by atoms with E-state index in [4.69, 9.17) is 9.47 Å². The van der Waals surface area contributed by atoms with Gasteiger partial charge in [-0.2, -0.15) is 23.4 Å². The van der Waals surface area contributed by atoms with Crippen molar-refractivity contribution >= 4 is 5.82 Å². The van der Waals surface area contributed by atoms with E-state index in [-0.39, 0.29) is 35.6 Å². The molecule has 0 aliphatic carbocycles. The lowest BCUT2D eigenvalue weighted by atomic mass is 10.1. The Morgan fingerprint density at radius 1 is 1.15 bits per heavy atom. The average molecular weight is 470 g/mol. The molecule has 10 heteroatoms. The maximum atomic E-state index is 12.9. The first-order valence-electron chi connectivity index (χ1n) is 10.5. The van der Waals surface area contributed by atoms with Crippen LogP contribution in [-0.2, 0) is 19.3 Å². The van der Waals surface area contributed by atoms with E-state index in [0.29, 0.717) is 12.1 Å². The zero-order chi connectivity index (χ0) is 24.5. The van der Waals surface area contributed by atoms with Crippen LogP contribution in [0.1, 0.15) is 30.5 Å². The lowest BCUT2D eigenvalue weighted by Crippen LogP contribution is -2.29. The lowest BCUT2D eigenvalue weighted by Gasteiger charge is -2.22. The van der Waals surface area contributed by atoms with Crippen LogP contribution in [0, 0.1) is 11.3 Å². The molecule has 0 atom stereocenters. The molecule has 0 fully saturated rings. The highest BCUT2D eigenvalue weighted by atomic mass is 19.4. The molecule has 1 aliphatic rings. The van der Waals surface area contributed by atoms with Crippen molar-refractivity contribution in [3.63, 3.8) is 0 Å². The van der Waals surface area contributed by atoms with E-state index in [9.17, 15) is 23.2 Å². The topological polar surface area (TPSA) is 80.4 Å². The number of rotatable bonds is 6. The maximum Gasteiger partial charge on any atom is 0.416 e. The summed E-state index contributed by atoms with van der Waals surface area (Å²) in [5, 5.41) is 9.50. The van der Waals surface area contributed by atoms with Crippen molar-refractivity contribution in [1.82, 2.24) is 9.55 Å². The number of hydrogen-bond acceptors (Lipinski definition) is 6. The second kappa shape index (κ2) is 9.09. The highest BCUT2D eigenvalue weighted by Crippen LogP contribution is 2.33. The van der Waals surface area contributed by atoms with Gasteiger partial charge >= 0.3 is 11.9 Å². The average Bonchev–Trinajstić information content (AvgIpc) is 3.23. The largest absolute Gasteiger partial charge is 0.473 e. The Hall–Kier alpha value is -4.00. The van der Waals surface area contributed by atoms with Gasteiger partial charge in [0.25, 0.3) is 0 Å². The zero-order valence-electron chi connectivity index (χ0n) is 18.5. The lowest BCUT2D eigenvalue weighted by molar-refractivity contribution is -0.137. The van der Waals surface area contributed by atoms with Crippen LogP contribution in [-0.4, -0.2) is 22.1 Å². The monoisotopic (exact) mass is 470 g/mol. The Bertz CT molecular complexity index is 1310. The predicted molar refractivity (Wildman–Crippen MR) is 118 cm³/mol. The van der Waals surface area contributed by atoms with E-state index >= 15 is 0 Å². The Balaban J connectivity index is 1.50. The standard InChI is InChI=1S/C24H21F3N4O3/c1-15(2)30-8-9-31-22(30)12-21(29-23(31)32)33-14-16-6-7-20(17(10-16)13-28)34-19-5-3-4-18(11-19)24(25,26)27/h3-7,10-12,15H,8-9,14H2,1-2H3. The third-order valence-corrected chi connectivity index (χ3v) is 5.39. The van der Waals surface area contributed by atoms with Crippen molar-refractivity contribution in [2.45, 2.75) is 39.2 Å². The fraction of sp³-hybridized carbons (Fsp3) is 0.292. The van der Waals surface area contributed by atoms with Crippen molar-refractivity contribution in [3.05, 3.63) is 75.7 Å². The first-order chi connectivity index (χ1) is 16.2. The quantitative estimate of drug-likeness (QED) is 0.518. The van der Waals surface area contributed by atoms with E-state index in [1.54, 1.807) is 16.7 Å². The number of nitrogens with zero attached hydrogens (tertiary/aromatic N) is 4. The third kappa shape index (κ3) is 4.83. The second-order valence-corrected chi connectivity index (χ2v) is 8.03. The summed E-state index contributed by atoms with van der Waals surface area (Å²) in [6.07, 6.45) is -4.50. The fourth-order valence-electron chi connectivity index (χ4n) is 3.70. The Morgan fingerprint density at radius 3 is 2.65 bits per heavy atom. The fourth-order valence-corrected chi connectivity index (χ4v) is 3.70. The molecule has 0 amide bonds. The second-order valence-electron chi connectivity index (χ2n) is 8.03. The highest BCUT2D eigenvalue weighted by Gasteiger charge is 2.30. The van der Waals surface area contributed by atoms with Gasteiger partial charge in [-0.25, -0.2) is 4.79 Å². The molecule has 0 N–H and O–H groups in total. The summed E-state index contributed by atoms with van der Waals surface area (Å²) < 4.78 is 51.7. The highest BCUT2D eigenvalue weighted by molar-refractivity contribution is 5.48. The molecule has 2 heterocycles. The van der Waals surface area contributed by atoms with Gasteiger partial charge < -0.3 is 14.4 Å². The van der Waals surface area contributed by atoms with Crippen molar-refractivity contribution in [1.29, 1.82) is 5.26 Å². The van der Waals surface area contributed by atoms with Gasteiger partial charge in [0.2, 0.25) is 5.88 Å². The van der Waals surface area contributed by atoms with Crippen molar-refractivity contribution in [3.8, 4) is 23.4 Å². The molecule has 4 rings (SSSR count). The van der Waals surface area contributed by atoms with Gasteiger partial charge in [-0.15, -0.1) is 0 Å². The van der Waals surface area contributed by atoms with Gasteiger partial charge in [0.15, 0.2) is 0 Å². The maximum absolute atomic E-state index is 12.9. The van der Waals surface area contributed by atoms with Gasteiger partial charge in [-0.1, -0.05) is 12.1 Å². The smallest absolute Gasteiger partial charge is 0.416 e. The van der Waals surface area contributed by atoms with Crippen LogP contribution in [0.15, 0.2) is 53.3 Å².